The molecular weight excluding hydrogens is 456 g/mol. The fourth-order valence-corrected chi connectivity index (χ4v) is 5.85. The summed E-state index contributed by atoms with van der Waals surface area (Å²) in [4.78, 5) is 19.6. The molecule has 0 aliphatic heterocycles. The van der Waals surface area contributed by atoms with Gasteiger partial charge in [-0.05, 0) is 60.9 Å². The number of thiazole rings is 1. The summed E-state index contributed by atoms with van der Waals surface area (Å²) in [5.41, 5.74) is 3.85. The molecule has 3 aromatic carbocycles. The lowest BCUT2D eigenvalue weighted by Gasteiger charge is -2.20. The zero-order valence-electron chi connectivity index (χ0n) is 18.6. The number of hydrogen-bond acceptors (Lipinski definition) is 6. The van der Waals surface area contributed by atoms with E-state index in [2.05, 4.69) is 11.1 Å². The summed E-state index contributed by atoms with van der Waals surface area (Å²) in [7, 11) is -2.34. The van der Waals surface area contributed by atoms with Crippen LogP contribution in [0.15, 0.2) is 71.6 Å². The number of anilines is 1. The number of aromatic nitrogens is 1. The topological polar surface area (TPSA) is 76.6 Å². The Hall–Kier alpha value is -3.23. The maximum Gasteiger partial charge on any atom is 0.244 e. The van der Waals surface area contributed by atoms with Crippen LogP contribution in [0.2, 0.25) is 0 Å². The summed E-state index contributed by atoms with van der Waals surface area (Å²) in [6.45, 7) is 4.24. The van der Waals surface area contributed by atoms with E-state index < -0.39 is 21.5 Å². The first kappa shape index (κ1) is 22.9. The van der Waals surface area contributed by atoms with Crippen LogP contribution in [0.4, 0.5) is 5.13 Å². The zero-order chi connectivity index (χ0) is 23.6. The number of hydrogen-bond donors (Lipinski definition) is 0. The van der Waals surface area contributed by atoms with Crippen molar-refractivity contribution in [2.45, 2.75) is 25.3 Å². The summed E-state index contributed by atoms with van der Waals surface area (Å²) >= 11 is 1.40. The van der Waals surface area contributed by atoms with Crippen LogP contribution in [-0.4, -0.2) is 32.2 Å². The minimum atomic E-state index is -3.84. The van der Waals surface area contributed by atoms with E-state index in [4.69, 9.17) is 4.74 Å². The smallest absolute Gasteiger partial charge is 0.244 e. The number of nitrogens with zero attached hydrogens (tertiary/aromatic N) is 2. The Morgan fingerprint density at radius 3 is 2.39 bits per heavy atom. The Labute approximate surface area is 197 Å². The fraction of sp³-hybridized carbons (Fsp3) is 0.200. The Kier molecular flexibility index (Phi) is 6.49. The van der Waals surface area contributed by atoms with E-state index in [1.54, 1.807) is 12.1 Å². The van der Waals surface area contributed by atoms with Gasteiger partial charge in [-0.25, -0.2) is 13.4 Å². The lowest BCUT2D eigenvalue weighted by Crippen LogP contribution is -2.35. The first-order valence-electron chi connectivity index (χ1n) is 10.4. The average Bonchev–Trinajstić information content (AvgIpc) is 3.22. The van der Waals surface area contributed by atoms with Gasteiger partial charge in [0.25, 0.3) is 0 Å². The van der Waals surface area contributed by atoms with Crippen LogP contribution in [0.1, 0.15) is 16.7 Å². The van der Waals surface area contributed by atoms with Crippen LogP contribution in [0.25, 0.3) is 10.2 Å². The molecule has 0 spiro atoms. The van der Waals surface area contributed by atoms with Crippen LogP contribution in [-0.2, 0) is 21.2 Å². The molecule has 4 rings (SSSR count). The van der Waals surface area contributed by atoms with Crippen LogP contribution in [0.3, 0.4) is 0 Å². The molecule has 0 unspecified atom stereocenters. The number of methoxy groups -OCH3 is 1. The number of benzene rings is 3. The number of sulfone groups is 1. The molecule has 0 radical (unpaired) electrons. The van der Waals surface area contributed by atoms with E-state index in [-0.39, 0.29) is 11.4 Å². The van der Waals surface area contributed by atoms with E-state index in [9.17, 15) is 13.2 Å². The lowest BCUT2D eigenvalue weighted by atomic mass is 10.1. The monoisotopic (exact) mass is 480 g/mol. The molecule has 0 bridgehead atoms. The minimum absolute atomic E-state index is 0.0760. The van der Waals surface area contributed by atoms with Crippen molar-refractivity contribution in [3.8, 4) is 5.75 Å². The van der Waals surface area contributed by atoms with Gasteiger partial charge in [0.15, 0.2) is 15.0 Å². The summed E-state index contributed by atoms with van der Waals surface area (Å²) in [6, 6.07) is 19.6. The number of carbonyl (C=O) groups is 1. The maximum atomic E-state index is 13.4. The fourth-order valence-electron chi connectivity index (χ4n) is 3.62. The Balaban J connectivity index is 1.70. The summed E-state index contributed by atoms with van der Waals surface area (Å²) in [5.74, 6) is -0.630. The minimum Gasteiger partial charge on any atom is -0.497 e. The summed E-state index contributed by atoms with van der Waals surface area (Å²) in [6.07, 6.45) is 0. The average molecular weight is 481 g/mol. The van der Waals surface area contributed by atoms with E-state index >= 15 is 0 Å². The van der Waals surface area contributed by atoms with Gasteiger partial charge in [-0.1, -0.05) is 47.7 Å². The molecule has 170 valence electrons. The molecule has 0 atom stereocenters. The van der Waals surface area contributed by atoms with Gasteiger partial charge < -0.3 is 4.74 Å². The predicted molar refractivity (Wildman–Crippen MR) is 132 cm³/mol. The number of rotatable bonds is 7. The normalized spacial score (nSPS) is 11.5. The first-order chi connectivity index (χ1) is 15.8. The molecule has 0 N–H and O–H groups in total. The van der Waals surface area contributed by atoms with Gasteiger partial charge in [-0.3, -0.25) is 9.69 Å². The van der Waals surface area contributed by atoms with Crippen LogP contribution >= 0.6 is 11.3 Å². The van der Waals surface area contributed by atoms with E-state index in [1.165, 1.54) is 35.5 Å². The summed E-state index contributed by atoms with van der Waals surface area (Å²) in [5, 5.41) is 0.484. The second kappa shape index (κ2) is 9.33. The highest BCUT2D eigenvalue weighted by Crippen LogP contribution is 2.33. The van der Waals surface area contributed by atoms with Crippen molar-refractivity contribution in [2.24, 2.45) is 0 Å². The molecule has 0 saturated heterocycles. The largest absolute Gasteiger partial charge is 0.497 e. The Morgan fingerprint density at radius 1 is 1.03 bits per heavy atom. The molecule has 6 nitrogen and oxygen atoms in total. The molecule has 1 heterocycles. The number of aryl methyl sites for hydroxylation is 2. The Bertz CT molecular complexity index is 1400. The van der Waals surface area contributed by atoms with Gasteiger partial charge in [-0.15, -0.1) is 0 Å². The van der Waals surface area contributed by atoms with Crippen LogP contribution < -0.4 is 9.64 Å². The quantitative estimate of drug-likeness (QED) is 0.375. The van der Waals surface area contributed by atoms with Crippen molar-refractivity contribution >= 4 is 42.4 Å². The molecule has 1 amide bonds. The van der Waals surface area contributed by atoms with E-state index in [0.717, 1.165) is 26.9 Å². The molecule has 4 aromatic rings. The van der Waals surface area contributed by atoms with Crippen LogP contribution in [0.5, 0.6) is 5.75 Å². The predicted octanol–water partition coefficient (Wildman–Crippen LogP) is 4.93. The maximum absolute atomic E-state index is 13.4. The van der Waals surface area contributed by atoms with Crippen molar-refractivity contribution in [1.29, 1.82) is 0 Å². The second-order valence-electron chi connectivity index (χ2n) is 7.83. The number of ether oxygens (including phenoxy) is 1. The first-order valence-corrected chi connectivity index (χ1v) is 12.8. The van der Waals surface area contributed by atoms with Crippen molar-refractivity contribution in [2.75, 3.05) is 17.8 Å². The van der Waals surface area contributed by atoms with Gasteiger partial charge in [0.2, 0.25) is 5.91 Å². The molecule has 0 aliphatic carbocycles. The van der Waals surface area contributed by atoms with Gasteiger partial charge in [-0.2, -0.15) is 0 Å². The van der Waals surface area contributed by atoms with Crippen molar-refractivity contribution < 1.29 is 17.9 Å². The number of fused-ring (bicyclic) bond motifs is 1. The summed E-state index contributed by atoms with van der Waals surface area (Å²) < 4.78 is 32.1. The van der Waals surface area contributed by atoms with Gasteiger partial charge in [0, 0.05) is 0 Å². The number of amides is 1. The standard InChI is InChI=1S/C25H24N2O4S2/c1-17-13-18(2)24-22(14-17)26-25(32-24)27(15-19-7-5-4-6-8-19)23(28)16-33(29,30)21-11-9-20(31-3)10-12-21/h4-14H,15-16H2,1-3H3. The van der Waals surface area contributed by atoms with Crippen molar-refractivity contribution in [1.82, 2.24) is 4.98 Å². The van der Waals surface area contributed by atoms with E-state index in [1.807, 2.05) is 50.2 Å². The third-order valence-corrected chi connectivity index (χ3v) is 8.10. The van der Waals surface area contributed by atoms with Gasteiger partial charge in [0.05, 0.1) is 28.8 Å². The molecule has 0 aliphatic rings. The van der Waals surface area contributed by atoms with Gasteiger partial charge >= 0.3 is 0 Å². The highest BCUT2D eigenvalue weighted by Gasteiger charge is 2.27. The number of carbonyl (C=O) groups excluding carboxylic acids is 1. The van der Waals surface area contributed by atoms with Gasteiger partial charge in [0.1, 0.15) is 11.5 Å². The third kappa shape index (κ3) is 5.07. The molecule has 8 heteroatoms. The van der Waals surface area contributed by atoms with Crippen LogP contribution in [0, 0.1) is 13.8 Å². The van der Waals surface area contributed by atoms with E-state index in [0.29, 0.717) is 10.9 Å². The molecule has 33 heavy (non-hydrogen) atoms. The SMILES string of the molecule is COc1ccc(S(=O)(=O)CC(=O)N(Cc2ccccc2)c2nc3cc(C)cc(C)c3s2)cc1. The zero-order valence-corrected chi connectivity index (χ0v) is 20.2. The molecule has 0 fully saturated rings. The van der Waals surface area contributed by atoms with Crippen molar-refractivity contribution in [3.63, 3.8) is 0 Å². The highest BCUT2D eigenvalue weighted by atomic mass is 32.2. The highest BCUT2D eigenvalue weighted by molar-refractivity contribution is 7.92. The lowest BCUT2D eigenvalue weighted by molar-refractivity contribution is -0.116. The third-order valence-electron chi connectivity index (χ3n) is 5.26. The molecule has 1 aromatic heterocycles. The molecular formula is C25H24N2O4S2. The van der Waals surface area contributed by atoms with Crippen molar-refractivity contribution in [3.05, 3.63) is 83.4 Å². The molecule has 0 saturated carbocycles. The second-order valence-corrected chi connectivity index (χ2v) is 10.8. The Morgan fingerprint density at radius 2 is 1.73 bits per heavy atom.